The summed E-state index contributed by atoms with van der Waals surface area (Å²) in [4.78, 5) is 23.5. The van der Waals surface area contributed by atoms with Crippen molar-refractivity contribution in [3.05, 3.63) is 86.0 Å². The van der Waals surface area contributed by atoms with E-state index in [-0.39, 0.29) is 5.56 Å². The highest BCUT2D eigenvalue weighted by atomic mass is 35.5. The van der Waals surface area contributed by atoms with E-state index >= 15 is 0 Å². The van der Waals surface area contributed by atoms with Crippen molar-refractivity contribution in [2.45, 2.75) is 43.8 Å². The number of thioether (sulfide) groups is 1. The Morgan fingerprint density at radius 2 is 1.88 bits per heavy atom. The van der Waals surface area contributed by atoms with E-state index in [4.69, 9.17) is 16.6 Å². The minimum Gasteiger partial charge on any atom is -0.296 e. The monoisotopic (exact) mass is 481 g/mol. The van der Waals surface area contributed by atoms with Crippen LogP contribution >= 0.6 is 34.7 Å². The summed E-state index contributed by atoms with van der Waals surface area (Å²) in [5.41, 5.74) is 3.23. The second-order valence-electron chi connectivity index (χ2n) is 8.28. The Balaban J connectivity index is 1.62. The predicted molar refractivity (Wildman–Crippen MR) is 135 cm³/mol. The smallest absolute Gasteiger partial charge is 0.267 e. The Morgan fingerprint density at radius 3 is 2.59 bits per heavy atom. The number of fused-ring (bicyclic) bond motifs is 3. The van der Waals surface area contributed by atoms with Crippen LogP contribution in [0.25, 0.3) is 15.9 Å². The standard InChI is InChI=1S/C25H24ClN3OS2/c1-16(2)28-13-12-20-21(14-28)32-23-22(20)24(30)29(19-6-4-3-5-7-19)25(27-23)31-15-17-8-10-18(26)11-9-17/h3-11,16H,12-15H2,1-2H3. The van der Waals surface area contributed by atoms with Gasteiger partial charge in [0.05, 0.1) is 11.1 Å². The fraction of sp³-hybridized carbons (Fsp3) is 0.280. The van der Waals surface area contributed by atoms with Crippen molar-refractivity contribution in [1.29, 1.82) is 0 Å². The molecule has 0 atom stereocenters. The number of hydrogen-bond acceptors (Lipinski definition) is 5. The van der Waals surface area contributed by atoms with Crippen molar-refractivity contribution in [2.75, 3.05) is 6.54 Å². The van der Waals surface area contributed by atoms with E-state index in [1.165, 1.54) is 10.4 Å². The lowest BCUT2D eigenvalue weighted by molar-refractivity contribution is 0.206. The number of halogens is 1. The number of nitrogens with zero attached hydrogens (tertiary/aromatic N) is 3. The molecule has 0 aliphatic carbocycles. The van der Waals surface area contributed by atoms with Gasteiger partial charge in [0, 0.05) is 34.8 Å². The molecule has 7 heteroatoms. The average Bonchev–Trinajstić information content (AvgIpc) is 3.17. The molecule has 0 fully saturated rings. The molecule has 0 N–H and O–H groups in total. The highest BCUT2D eigenvalue weighted by Gasteiger charge is 2.26. The van der Waals surface area contributed by atoms with E-state index in [2.05, 4.69) is 18.7 Å². The van der Waals surface area contributed by atoms with Crippen LogP contribution in [0.1, 0.15) is 29.9 Å². The van der Waals surface area contributed by atoms with Gasteiger partial charge in [0.25, 0.3) is 5.56 Å². The summed E-state index contributed by atoms with van der Waals surface area (Å²) in [6.45, 7) is 6.33. The van der Waals surface area contributed by atoms with Gasteiger partial charge in [-0.2, -0.15) is 0 Å². The van der Waals surface area contributed by atoms with E-state index in [1.807, 2.05) is 54.6 Å². The first-order valence-electron chi connectivity index (χ1n) is 10.8. The van der Waals surface area contributed by atoms with Crippen molar-refractivity contribution in [3.8, 4) is 5.69 Å². The molecular weight excluding hydrogens is 458 g/mol. The van der Waals surface area contributed by atoms with Crippen molar-refractivity contribution in [1.82, 2.24) is 14.5 Å². The van der Waals surface area contributed by atoms with Gasteiger partial charge in [0.1, 0.15) is 4.83 Å². The van der Waals surface area contributed by atoms with Crippen LogP contribution in [0.3, 0.4) is 0 Å². The lowest BCUT2D eigenvalue weighted by atomic mass is 10.0. The molecule has 0 spiro atoms. The molecule has 4 nitrogen and oxygen atoms in total. The van der Waals surface area contributed by atoms with Crippen molar-refractivity contribution in [2.24, 2.45) is 0 Å². The molecule has 3 heterocycles. The van der Waals surface area contributed by atoms with Crippen LogP contribution < -0.4 is 5.56 Å². The molecule has 164 valence electrons. The number of para-hydroxylation sites is 1. The fourth-order valence-corrected chi connectivity index (χ4v) is 6.50. The van der Waals surface area contributed by atoms with Crippen molar-refractivity contribution in [3.63, 3.8) is 0 Å². The summed E-state index contributed by atoms with van der Waals surface area (Å²) in [7, 11) is 0. The summed E-state index contributed by atoms with van der Waals surface area (Å²) in [5, 5.41) is 2.25. The maximum Gasteiger partial charge on any atom is 0.267 e. The molecular formula is C25H24ClN3OS2. The second kappa shape index (κ2) is 9.02. The molecule has 0 amide bonds. The van der Waals surface area contributed by atoms with Gasteiger partial charge in [-0.1, -0.05) is 53.7 Å². The van der Waals surface area contributed by atoms with E-state index < -0.39 is 0 Å². The number of rotatable bonds is 5. The Morgan fingerprint density at radius 1 is 1.12 bits per heavy atom. The molecule has 2 aromatic heterocycles. The van der Waals surface area contributed by atoms with Gasteiger partial charge < -0.3 is 0 Å². The first-order valence-corrected chi connectivity index (χ1v) is 12.9. The highest BCUT2D eigenvalue weighted by Crippen LogP contribution is 2.35. The van der Waals surface area contributed by atoms with Crippen LogP contribution in [-0.4, -0.2) is 27.0 Å². The molecule has 0 saturated carbocycles. The quantitative estimate of drug-likeness (QED) is 0.253. The topological polar surface area (TPSA) is 38.1 Å². The van der Waals surface area contributed by atoms with Gasteiger partial charge in [0.2, 0.25) is 0 Å². The Labute approximate surface area is 200 Å². The third-order valence-electron chi connectivity index (χ3n) is 5.90. The molecule has 32 heavy (non-hydrogen) atoms. The average molecular weight is 482 g/mol. The molecule has 0 bridgehead atoms. The molecule has 2 aromatic carbocycles. The number of benzene rings is 2. The minimum absolute atomic E-state index is 0.0373. The lowest BCUT2D eigenvalue weighted by Crippen LogP contribution is -2.35. The van der Waals surface area contributed by atoms with Gasteiger partial charge in [-0.25, -0.2) is 4.98 Å². The third kappa shape index (κ3) is 4.13. The predicted octanol–water partition coefficient (Wildman–Crippen LogP) is 6.16. The zero-order chi connectivity index (χ0) is 22.2. The Hall–Kier alpha value is -2.12. The largest absolute Gasteiger partial charge is 0.296 e. The maximum atomic E-state index is 13.8. The van der Waals surface area contributed by atoms with Crippen molar-refractivity contribution < 1.29 is 0 Å². The van der Waals surface area contributed by atoms with Gasteiger partial charge in [-0.15, -0.1) is 11.3 Å². The summed E-state index contributed by atoms with van der Waals surface area (Å²) in [6, 6.07) is 18.2. The van der Waals surface area contributed by atoms with Crippen molar-refractivity contribution >= 4 is 44.9 Å². The van der Waals surface area contributed by atoms with E-state index in [9.17, 15) is 4.79 Å². The minimum atomic E-state index is 0.0373. The summed E-state index contributed by atoms with van der Waals surface area (Å²) >= 11 is 9.30. The Kier molecular flexibility index (Phi) is 6.12. The first kappa shape index (κ1) is 21.7. The number of aromatic nitrogens is 2. The Bertz CT molecular complexity index is 1310. The van der Waals surface area contributed by atoms with E-state index in [0.717, 1.165) is 51.2 Å². The lowest BCUT2D eigenvalue weighted by Gasteiger charge is -2.30. The van der Waals surface area contributed by atoms with Crippen LogP contribution in [0.15, 0.2) is 64.5 Å². The van der Waals surface area contributed by atoms with Crippen LogP contribution in [0.5, 0.6) is 0 Å². The number of thiophene rings is 1. The SMILES string of the molecule is CC(C)N1CCc2c(sc3nc(SCc4ccc(Cl)cc4)n(-c4ccccc4)c(=O)c23)C1. The molecule has 1 aliphatic rings. The molecule has 0 unspecified atom stereocenters. The molecule has 5 rings (SSSR count). The van der Waals surface area contributed by atoms with E-state index in [1.54, 1.807) is 27.7 Å². The normalized spacial score (nSPS) is 14.2. The summed E-state index contributed by atoms with van der Waals surface area (Å²) in [5.74, 6) is 0.716. The van der Waals surface area contributed by atoms with Gasteiger partial charge in [-0.3, -0.25) is 14.3 Å². The van der Waals surface area contributed by atoms with Gasteiger partial charge in [0.15, 0.2) is 5.16 Å². The molecule has 0 radical (unpaired) electrons. The summed E-state index contributed by atoms with van der Waals surface area (Å²) < 4.78 is 1.78. The second-order valence-corrected chi connectivity index (χ2v) is 10.7. The van der Waals surface area contributed by atoms with E-state index in [0.29, 0.717) is 11.8 Å². The fourth-order valence-electron chi connectivity index (χ4n) is 4.11. The molecule has 1 aliphatic heterocycles. The molecule has 4 aromatic rings. The zero-order valence-corrected chi connectivity index (χ0v) is 20.4. The third-order valence-corrected chi connectivity index (χ3v) is 8.27. The van der Waals surface area contributed by atoms with Crippen LogP contribution in [-0.2, 0) is 18.7 Å². The maximum absolute atomic E-state index is 13.8. The zero-order valence-electron chi connectivity index (χ0n) is 18.0. The van der Waals surface area contributed by atoms with Crippen LogP contribution in [0.4, 0.5) is 0 Å². The van der Waals surface area contributed by atoms with Crippen LogP contribution in [0.2, 0.25) is 5.02 Å². The molecule has 0 saturated heterocycles. The highest BCUT2D eigenvalue weighted by molar-refractivity contribution is 7.98. The number of hydrogen-bond donors (Lipinski definition) is 0. The van der Waals surface area contributed by atoms with Crippen LogP contribution in [0, 0.1) is 0 Å². The van der Waals surface area contributed by atoms with Gasteiger partial charge in [-0.05, 0) is 55.7 Å². The first-order chi connectivity index (χ1) is 15.5. The summed E-state index contributed by atoms with van der Waals surface area (Å²) in [6.07, 6.45) is 0.899. The van der Waals surface area contributed by atoms with Gasteiger partial charge >= 0.3 is 0 Å².